The Morgan fingerprint density at radius 1 is 1.26 bits per heavy atom. The second kappa shape index (κ2) is 9.58. The SMILES string of the molecule is Cc1cccc(OCC(C)NC(=O)c2ccccc2SCc2cscn2)c1. The Balaban J connectivity index is 1.56. The summed E-state index contributed by atoms with van der Waals surface area (Å²) in [4.78, 5) is 18.0. The lowest BCUT2D eigenvalue weighted by atomic mass is 10.2. The molecule has 6 heteroatoms. The molecule has 1 unspecified atom stereocenters. The molecular weight excluding hydrogens is 376 g/mol. The van der Waals surface area contributed by atoms with Crippen molar-refractivity contribution in [3.05, 3.63) is 76.2 Å². The Morgan fingerprint density at radius 3 is 2.89 bits per heavy atom. The largest absolute Gasteiger partial charge is 0.491 e. The van der Waals surface area contributed by atoms with Gasteiger partial charge in [0.1, 0.15) is 12.4 Å². The molecule has 0 bridgehead atoms. The Bertz CT molecular complexity index is 881. The minimum Gasteiger partial charge on any atom is -0.491 e. The Morgan fingerprint density at radius 2 is 2.11 bits per heavy atom. The van der Waals surface area contributed by atoms with Crippen LogP contribution in [0.3, 0.4) is 0 Å². The molecule has 0 aliphatic heterocycles. The summed E-state index contributed by atoms with van der Waals surface area (Å²) in [5, 5.41) is 5.05. The molecule has 1 atom stereocenters. The van der Waals surface area contributed by atoms with E-state index >= 15 is 0 Å². The van der Waals surface area contributed by atoms with Crippen molar-refractivity contribution in [1.82, 2.24) is 10.3 Å². The number of amides is 1. The molecule has 4 nitrogen and oxygen atoms in total. The van der Waals surface area contributed by atoms with Crippen molar-refractivity contribution >= 4 is 29.0 Å². The fourth-order valence-corrected chi connectivity index (χ4v) is 4.13. The Labute approximate surface area is 168 Å². The molecule has 27 heavy (non-hydrogen) atoms. The van der Waals surface area contributed by atoms with Crippen molar-refractivity contribution in [2.24, 2.45) is 0 Å². The van der Waals surface area contributed by atoms with Crippen LogP contribution in [0.4, 0.5) is 0 Å². The van der Waals surface area contributed by atoms with Crippen LogP contribution in [-0.4, -0.2) is 23.5 Å². The van der Waals surface area contributed by atoms with E-state index in [1.54, 1.807) is 23.1 Å². The van der Waals surface area contributed by atoms with Crippen LogP contribution in [0.1, 0.15) is 28.5 Å². The normalized spacial score (nSPS) is 11.8. The zero-order valence-corrected chi connectivity index (χ0v) is 17.0. The first-order valence-electron chi connectivity index (χ1n) is 8.71. The average Bonchev–Trinajstić information content (AvgIpc) is 3.18. The third-order valence-corrected chi connectivity index (χ3v) is 5.60. The predicted octanol–water partition coefficient (Wildman–Crippen LogP) is 4.94. The van der Waals surface area contributed by atoms with Gasteiger partial charge in [0.05, 0.1) is 22.8 Å². The molecule has 3 rings (SSSR count). The number of thiazole rings is 1. The van der Waals surface area contributed by atoms with E-state index in [0.717, 1.165) is 27.7 Å². The highest BCUT2D eigenvalue weighted by molar-refractivity contribution is 7.98. The third kappa shape index (κ3) is 5.84. The molecule has 1 amide bonds. The number of aryl methyl sites for hydroxylation is 1. The van der Waals surface area contributed by atoms with Gasteiger partial charge in [0.25, 0.3) is 5.91 Å². The van der Waals surface area contributed by atoms with E-state index in [1.807, 2.05) is 73.3 Å². The lowest BCUT2D eigenvalue weighted by molar-refractivity contribution is 0.0923. The highest BCUT2D eigenvalue weighted by atomic mass is 32.2. The van der Waals surface area contributed by atoms with E-state index in [2.05, 4.69) is 10.3 Å². The van der Waals surface area contributed by atoms with Gasteiger partial charge < -0.3 is 10.1 Å². The molecule has 0 saturated carbocycles. The van der Waals surface area contributed by atoms with E-state index in [0.29, 0.717) is 12.2 Å². The predicted molar refractivity (Wildman–Crippen MR) is 112 cm³/mol. The van der Waals surface area contributed by atoms with E-state index in [1.165, 1.54) is 0 Å². The van der Waals surface area contributed by atoms with Gasteiger partial charge in [-0.3, -0.25) is 4.79 Å². The monoisotopic (exact) mass is 398 g/mol. The summed E-state index contributed by atoms with van der Waals surface area (Å²) >= 11 is 3.20. The van der Waals surface area contributed by atoms with Crippen LogP contribution in [0, 0.1) is 6.92 Å². The highest BCUT2D eigenvalue weighted by Gasteiger charge is 2.14. The van der Waals surface area contributed by atoms with Gasteiger partial charge in [0.15, 0.2) is 0 Å². The van der Waals surface area contributed by atoms with E-state index < -0.39 is 0 Å². The first-order valence-corrected chi connectivity index (χ1v) is 10.6. The number of thioether (sulfide) groups is 1. The summed E-state index contributed by atoms with van der Waals surface area (Å²) in [5.74, 6) is 1.48. The molecule has 0 fully saturated rings. The van der Waals surface area contributed by atoms with Crippen molar-refractivity contribution in [2.75, 3.05) is 6.61 Å². The zero-order valence-electron chi connectivity index (χ0n) is 15.3. The molecule has 1 N–H and O–H groups in total. The number of nitrogens with zero attached hydrogens (tertiary/aromatic N) is 1. The first kappa shape index (κ1) is 19.5. The van der Waals surface area contributed by atoms with Crippen molar-refractivity contribution in [1.29, 1.82) is 0 Å². The van der Waals surface area contributed by atoms with Crippen LogP contribution >= 0.6 is 23.1 Å². The fraction of sp³-hybridized carbons (Fsp3) is 0.238. The van der Waals surface area contributed by atoms with Crippen LogP contribution in [0.25, 0.3) is 0 Å². The maximum Gasteiger partial charge on any atom is 0.252 e. The molecule has 2 aromatic carbocycles. The van der Waals surface area contributed by atoms with E-state index in [4.69, 9.17) is 4.74 Å². The topological polar surface area (TPSA) is 51.2 Å². The molecule has 0 radical (unpaired) electrons. The molecule has 0 aliphatic rings. The molecule has 140 valence electrons. The van der Waals surface area contributed by atoms with Gasteiger partial charge in [0, 0.05) is 16.0 Å². The second-order valence-corrected chi connectivity index (χ2v) is 8.00. The van der Waals surface area contributed by atoms with Gasteiger partial charge >= 0.3 is 0 Å². The molecule has 0 saturated heterocycles. The summed E-state index contributed by atoms with van der Waals surface area (Å²) in [6.45, 7) is 4.39. The van der Waals surface area contributed by atoms with Crippen LogP contribution in [0.2, 0.25) is 0 Å². The van der Waals surface area contributed by atoms with Gasteiger partial charge in [-0.2, -0.15) is 0 Å². The lowest BCUT2D eigenvalue weighted by Gasteiger charge is -2.16. The number of hydrogen-bond donors (Lipinski definition) is 1. The summed E-state index contributed by atoms with van der Waals surface area (Å²) in [5.41, 5.74) is 4.68. The number of carbonyl (C=O) groups excluding carboxylic acids is 1. The third-order valence-electron chi connectivity index (χ3n) is 3.86. The minimum atomic E-state index is -0.102. The van der Waals surface area contributed by atoms with Crippen molar-refractivity contribution < 1.29 is 9.53 Å². The van der Waals surface area contributed by atoms with E-state index in [-0.39, 0.29) is 11.9 Å². The van der Waals surface area contributed by atoms with Crippen LogP contribution < -0.4 is 10.1 Å². The Kier molecular flexibility index (Phi) is 6.90. The molecule has 3 aromatic rings. The number of carbonyl (C=O) groups is 1. The van der Waals surface area contributed by atoms with E-state index in [9.17, 15) is 4.79 Å². The number of rotatable bonds is 8. The van der Waals surface area contributed by atoms with Gasteiger partial charge in [-0.15, -0.1) is 23.1 Å². The highest BCUT2D eigenvalue weighted by Crippen LogP contribution is 2.26. The van der Waals surface area contributed by atoms with Crippen molar-refractivity contribution in [3.63, 3.8) is 0 Å². The van der Waals surface area contributed by atoms with Crippen LogP contribution in [0.5, 0.6) is 5.75 Å². The Hall–Kier alpha value is -2.31. The summed E-state index contributed by atoms with van der Waals surface area (Å²) < 4.78 is 5.79. The van der Waals surface area contributed by atoms with Gasteiger partial charge in [0.2, 0.25) is 0 Å². The quantitative estimate of drug-likeness (QED) is 0.546. The van der Waals surface area contributed by atoms with Gasteiger partial charge in [-0.05, 0) is 43.7 Å². The lowest BCUT2D eigenvalue weighted by Crippen LogP contribution is -2.37. The van der Waals surface area contributed by atoms with Crippen molar-refractivity contribution in [3.8, 4) is 5.75 Å². The van der Waals surface area contributed by atoms with Crippen molar-refractivity contribution in [2.45, 2.75) is 30.5 Å². The summed E-state index contributed by atoms with van der Waals surface area (Å²) in [6, 6.07) is 15.5. The number of nitrogens with one attached hydrogen (secondary N) is 1. The number of benzene rings is 2. The molecule has 1 heterocycles. The maximum absolute atomic E-state index is 12.7. The smallest absolute Gasteiger partial charge is 0.252 e. The number of aromatic nitrogens is 1. The summed E-state index contributed by atoms with van der Waals surface area (Å²) in [6.07, 6.45) is 0. The second-order valence-electron chi connectivity index (χ2n) is 6.27. The molecular formula is C21H22N2O2S2. The zero-order chi connectivity index (χ0) is 19.1. The van der Waals surface area contributed by atoms with Gasteiger partial charge in [-0.25, -0.2) is 4.98 Å². The number of hydrogen-bond acceptors (Lipinski definition) is 5. The molecule has 0 aliphatic carbocycles. The minimum absolute atomic E-state index is 0.0864. The van der Waals surface area contributed by atoms with Crippen LogP contribution in [-0.2, 0) is 5.75 Å². The molecule has 1 aromatic heterocycles. The average molecular weight is 399 g/mol. The standard InChI is InChI=1S/C21H22N2O2S2/c1-15-6-5-7-18(10-15)25-11-16(2)23-21(24)19-8-3-4-9-20(19)27-13-17-12-26-14-22-17/h3-10,12,14,16H,11,13H2,1-2H3,(H,23,24). The van der Waals surface area contributed by atoms with Gasteiger partial charge in [-0.1, -0.05) is 24.3 Å². The summed E-state index contributed by atoms with van der Waals surface area (Å²) in [7, 11) is 0. The number of ether oxygens (including phenoxy) is 1. The fourth-order valence-electron chi connectivity index (χ4n) is 2.51. The van der Waals surface area contributed by atoms with Crippen LogP contribution in [0.15, 0.2) is 64.3 Å². The molecule has 0 spiro atoms. The maximum atomic E-state index is 12.7. The first-order chi connectivity index (χ1) is 13.1.